The molecule has 134 valence electrons. The van der Waals surface area contributed by atoms with E-state index in [0.29, 0.717) is 28.5 Å². The van der Waals surface area contributed by atoms with Crippen molar-refractivity contribution in [3.8, 4) is 5.75 Å². The average Bonchev–Trinajstić information content (AvgIpc) is 2.97. The molecular weight excluding hydrogens is 368 g/mol. The molecule has 0 atom stereocenters. The van der Waals surface area contributed by atoms with Gasteiger partial charge < -0.3 is 9.30 Å². The number of aryl methyl sites for hydroxylation is 1. The molecule has 0 saturated carbocycles. The number of carbonyl (C=O) groups is 1. The van der Waals surface area contributed by atoms with Crippen LogP contribution in [-0.4, -0.2) is 17.1 Å². The summed E-state index contributed by atoms with van der Waals surface area (Å²) in [6, 6.07) is 10.8. The molecule has 0 fully saturated rings. The minimum Gasteiger partial charge on any atom is -0.494 e. The van der Waals surface area contributed by atoms with E-state index in [2.05, 4.69) is 11.6 Å². The SMILES string of the molecule is C=CCn1c(=NC(=O)c2ccc(OCC)cc2)sc2ccc(Cl)c(C)c21. The standard InChI is InChI=1S/C20H19ClN2O2S/c1-4-12-23-18-13(3)16(21)10-11-17(18)26-20(23)22-19(24)14-6-8-15(9-7-14)25-5-2/h4,6-11H,1,5,12H2,2-3H3. The van der Waals surface area contributed by atoms with Crippen LogP contribution < -0.4 is 9.54 Å². The second-order valence-electron chi connectivity index (χ2n) is 5.68. The van der Waals surface area contributed by atoms with Gasteiger partial charge in [-0.3, -0.25) is 4.79 Å². The summed E-state index contributed by atoms with van der Waals surface area (Å²) in [4.78, 5) is 17.6. The summed E-state index contributed by atoms with van der Waals surface area (Å²) in [6.45, 7) is 8.84. The lowest BCUT2D eigenvalue weighted by Crippen LogP contribution is -2.16. The van der Waals surface area contributed by atoms with Crippen molar-refractivity contribution >= 4 is 39.1 Å². The first-order chi connectivity index (χ1) is 12.5. The summed E-state index contributed by atoms with van der Waals surface area (Å²) < 4.78 is 8.41. The lowest BCUT2D eigenvalue weighted by molar-refractivity contribution is 0.0998. The van der Waals surface area contributed by atoms with Gasteiger partial charge in [0.1, 0.15) is 5.75 Å². The number of nitrogens with zero attached hydrogens (tertiary/aromatic N) is 2. The van der Waals surface area contributed by atoms with Crippen molar-refractivity contribution in [2.45, 2.75) is 20.4 Å². The summed E-state index contributed by atoms with van der Waals surface area (Å²) in [5.74, 6) is 0.444. The number of thiazole rings is 1. The van der Waals surface area contributed by atoms with Crippen molar-refractivity contribution in [3.63, 3.8) is 0 Å². The number of ether oxygens (including phenoxy) is 1. The third-order valence-electron chi connectivity index (χ3n) is 3.95. The topological polar surface area (TPSA) is 43.6 Å². The third-order valence-corrected chi connectivity index (χ3v) is 5.40. The van der Waals surface area contributed by atoms with E-state index < -0.39 is 0 Å². The third kappa shape index (κ3) is 3.59. The van der Waals surface area contributed by atoms with Gasteiger partial charge in [0.15, 0.2) is 4.80 Å². The molecule has 0 aliphatic heterocycles. The first-order valence-corrected chi connectivity index (χ1v) is 9.45. The summed E-state index contributed by atoms with van der Waals surface area (Å²) in [5.41, 5.74) is 2.48. The van der Waals surface area contributed by atoms with Crippen molar-refractivity contribution in [1.82, 2.24) is 4.57 Å². The van der Waals surface area contributed by atoms with Crippen LogP contribution in [0.4, 0.5) is 0 Å². The van der Waals surface area contributed by atoms with Gasteiger partial charge in [-0.15, -0.1) is 6.58 Å². The zero-order chi connectivity index (χ0) is 18.7. The number of allylic oxidation sites excluding steroid dienone is 1. The summed E-state index contributed by atoms with van der Waals surface area (Å²) in [7, 11) is 0. The van der Waals surface area contributed by atoms with Crippen molar-refractivity contribution in [2.75, 3.05) is 6.61 Å². The van der Waals surface area contributed by atoms with Crippen LogP contribution in [0.25, 0.3) is 10.2 Å². The summed E-state index contributed by atoms with van der Waals surface area (Å²) in [5, 5.41) is 0.692. The van der Waals surface area contributed by atoms with E-state index in [1.807, 2.05) is 30.5 Å². The average molecular weight is 387 g/mol. The molecule has 0 N–H and O–H groups in total. The molecule has 0 saturated heterocycles. The van der Waals surface area contributed by atoms with Gasteiger partial charge in [0.2, 0.25) is 0 Å². The number of halogens is 1. The fourth-order valence-corrected chi connectivity index (χ4v) is 3.96. The Morgan fingerprint density at radius 3 is 2.69 bits per heavy atom. The first-order valence-electron chi connectivity index (χ1n) is 8.26. The molecule has 26 heavy (non-hydrogen) atoms. The largest absolute Gasteiger partial charge is 0.494 e. The van der Waals surface area contributed by atoms with Crippen LogP contribution in [0.2, 0.25) is 5.02 Å². The Hall–Kier alpha value is -2.37. The minimum absolute atomic E-state index is 0.291. The first kappa shape index (κ1) is 18.4. The smallest absolute Gasteiger partial charge is 0.279 e. The molecule has 0 bridgehead atoms. The van der Waals surface area contributed by atoms with Crippen molar-refractivity contribution < 1.29 is 9.53 Å². The maximum atomic E-state index is 12.6. The number of fused-ring (bicyclic) bond motifs is 1. The fourth-order valence-electron chi connectivity index (χ4n) is 2.71. The highest BCUT2D eigenvalue weighted by Crippen LogP contribution is 2.27. The van der Waals surface area contributed by atoms with Crippen LogP contribution in [0, 0.1) is 6.92 Å². The lowest BCUT2D eigenvalue weighted by atomic mass is 10.2. The van der Waals surface area contributed by atoms with Crippen LogP contribution in [0.1, 0.15) is 22.8 Å². The number of rotatable bonds is 5. The Morgan fingerprint density at radius 1 is 1.31 bits per heavy atom. The number of benzene rings is 2. The monoisotopic (exact) mass is 386 g/mol. The number of hydrogen-bond donors (Lipinski definition) is 0. The zero-order valence-corrected chi connectivity index (χ0v) is 16.2. The van der Waals surface area contributed by atoms with Gasteiger partial charge in [-0.2, -0.15) is 4.99 Å². The highest BCUT2D eigenvalue weighted by molar-refractivity contribution is 7.16. The molecule has 1 amide bonds. The Morgan fingerprint density at radius 2 is 2.04 bits per heavy atom. The van der Waals surface area contributed by atoms with Gasteiger partial charge in [0, 0.05) is 17.1 Å². The zero-order valence-electron chi connectivity index (χ0n) is 14.7. The highest BCUT2D eigenvalue weighted by Gasteiger charge is 2.12. The van der Waals surface area contributed by atoms with Crippen LogP contribution in [0.15, 0.2) is 54.0 Å². The molecule has 0 aliphatic rings. The molecule has 6 heteroatoms. The molecule has 0 unspecified atom stereocenters. The molecule has 3 rings (SSSR count). The van der Waals surface area contributed by atoms with E-state index in [-0.39, 0.29) is 5.91 Å². The van der Waals surface area contributed by atoms with E-state index in [1.54, 1.807) is 30.3 Å². The maximum Gasteiger partial charge on any atom is 0.279 e. The quantitative estimate of drug-likeness (QED) is 0.580. The fraction of sp³-hybridized carbons (Fsp3) is 0.200. The molecule has 1 aromatic heterocycles. The Bertz CT molecular complexity index is 1030. The van der Waals surface area contributed by atoms with E-state index in [1.165, 1.54) is 11.3 Å². The Kier molecular flexibility index (Phi) is 5.59. The van der Waals surface area contributed by atoms with Gasteiger partial charge in [-0.05, 0) is 55.8 Å². The van der Waals surface area contributed by atoms with Crippen LogP contribution in [-0.2, 0) is 6.54 Å². The molecule has 2 aromatic carbocycles. The molecule has 3 aromatic rings. The van der Waals surface area contributed by atoms with E-state index >= 15 is 0 Å². The molecule has 0 aliphatic carbocycles. The summed E-state index contributed by atoms with van der Waals surface area (Å²) >= 11 is 7.73. The van der Waals surface area contributed by atoms with Gasteiger partial charge in [0.05, 0.1) is 16.8 Å². The molecule has 0 radical (unpaired) electrons. The molecule has 4 nitrogen and oxygen atoms in total. The normalized spacial score (nSPS) is 11.7. The van der Waals surface area contributed by atoms with Gasteiger partial charge in [0.25, 0.3) is 5.91 Å². The second-order valence-corrected chi connectivity index (χ2v) is 7.09. The Labute approximate surface area is 161 Å². The second kappa shape index (κ2) is 7.89. The minimum atomic E-state index is -0.291. The van der Waals surface area contributed by atoms with Crippen LogP contribution in [0.3, 0.4) is 0 Å². The molecular formula is C20H19ClN2O2S. The Balaban J connectivity index is 2.08. The molecule has 1 heterocycles. The lowest BCUT2D eigenvalue weighted by Gasteiger charge is -2.05. The van der Waals surface area contributed by atoms with Crippen LogP contribution >= 0.6 is 22.9 Å². The van der Waals surface area contributed by atoms with Crippen LogP contribution in [0.5, 0.6) is 5.75 Å². The van der Waals surface area contributed by atoms with Crippen molar-refractivity contribution in [2.24, 2.45) is 4.99 Å². The maximum absolute atomic E-state index is 12.6. The molecule has 0 spiro atoms. The number of aromatic nitrogens is 1. The van der Waals surface area contributed by atoms with Gasteiger partial charge in [-0.1, -0.05) is 29.0 Å². The van der Waals surface area contributed by atoms with Crippen molar-refractivity contribution in [1.29, 1.82) is 0 Å². The number of hydrogen-bond acceptors (Lipinski definition) is 3. The van der Waals surface area contributed by atoms with E-state index in [9.17, 15) is 4.79 Å². The van der Waals surface area contributed by atoms with Gasteiger partial charge >= 0.3 is 0 Å². The highest BCUT2D eigenvalue weighted by atomic mass is 35.5. The number of amides is 1. The van der Waals surface area contributed by atoms with Crippen molar-refractivity contribution in [3.05, 3.63) is 70.0 Å². The van der Waals surface area contributed by atoms with E-state index in [4.69, 9.17) is 16.3 Å². The predicted molar refractivity (Wildman–Crippen MR) is 107 cm³/mol. The number of carbonyl (C=O) groups excluding carboxylic acids is 1. The van der Waals surface area contributed by atoms with E-state index in [0.717, 1.165) is 21.5 Å². The summed E-state index contributed by atoms with van der Waals surface area (Å²) in [6.07, 6.45) is 1.78. The predicted octanol–water partition coefficient (Wildman–Crippen LogP) is 4.99. The van der Waals surface area contributed by atoms with Gasteiger partial charge in [-0.25, -0.2) is 0 Å².